The Kier molecular flexibility index (Phi) is 7.62. The number of anilines is 1. The molecule has 3 aliphatic heterocycles. The van der Waals surface area contributed by atoms with Gasteiger partial charge in [0.05, 0.1) is 26.0 Å². The zero-order valence-electron chi connectivity index (χ0n) is 22.1. The van der Waals surface area contributed by atoms with Gasteiger partial charge in [-0.25, -0.2) is 4.68 Å². The Labute approximate surface area is 236 Å². The van der Waals surface area contributed by atoms with Crippen LogP contribution in [-0.2, 0) is 0 Å². The maximum Gasteiger partial charge on any atom is 0.410 e. The fraction of sp³-hybridized carbons (Fsp3) is 0.429. The van der Waals surface area contributed by atoms with E-state index < -0.39 is 18.3 Å². The molecule has 2 aromatic carbocycles. The maximum absolute atomic E-state index is 14.2. The van der Waals surface area contributed by atoms with Crippen LogP contribution in [0.2, 0.25) is 0 Å². The second kappa shape index (κ2) is 10.9. The van der Waals surface area contributed by atoms with Gasteiger partial charge in [0.25, 0.3) is 5.91 Å². The van der Waals surface area contributed by atoms with Crippen molar-refractivity contribution in [3.05, 3.63) is 59.7 Å². The first-order valence-corrected chi connectivity index (χ1v) is 13.0. The molecule has 2 saturated heterocycles. The lowest BCUT2D eigenvalue weighted by Gasteiger charge is -2.33. The molecule has 1 amide bonds. The number of carbonyl (C=O) groups excluding carboxylic acids is 1. The van der Waals surface area contributed by atoms with Gasteiger partial charge in [-0.2, -0.15) is 18.3 Å². The van der Waals surface area contributed by atoms with E-state index in [9.17, 15) is 18.0 Å². The predicted molar refractivity (Wildman–Crippen MR) is 146 cm³/mol. The maximum atomic E-state index is 14.2. The minimum absolute atomic E-state index is 0. The molecule has 2 N–H and O–H groups in total. The van der Waals surface area contributed by atoms with E-state index in [0.29, 0.717) is 58.8 Å². The Bertz CT molecular complexity index is 1390. The lowest BCUT2D eigenvalue weighted by molar-refractivity contribution is -0.173. The molecule has 3 aliphatic rings. The lowest BCUT2D eigenvalue weighted by atomic mass is 9.96. The minimum atomic E-state index is -4.50. The van der Waals surface area contributed by atoms with E-state index in [4.69, 9.17) is 9.47 Å². The van der Waals surface area contributed by atoms with Crippen LogP contribution in [-0.4, -0.2) is 67.2 Å². The number of aromatic nitrogens is 2. The van der Waals surface area contributed by atoms with Crippen LogP contribution in [0.1, 0.15) is 34.4 Å². The predicted octanol–water partition coefficient (Wildman–Crippen LogP) is 4.94. The largest absolute Gasteiger partial charge is 0.493 e. The molecule has 0 aliphatic carbocycles. The summed E-state index contributed by atoms with van der Waals surface area (Å²) in [5, 5.41) is 11.0. The summed E-state index contributed by atoms with van der Waals surface area (Å²) in [7, 11) is 2.99. The highest BCUT2D eigenvalue weighted by Gasteiger charge is 2.47. The molecular formula is C28H31ClF3N5O3. The van der Waals surface area contributed by atoms with Crippen LogP contribution < -0.4 is 20.1 Å². The number of methoxy groups -OCH3 is 2. The van der Waals surface area contributed by atoms with Crippen LogP contribution in [0.15, 0.2) is 48.5 Å². The number of nitrogens with zero attached hydrogens (tertiary/aromatic N) is 3. The number of hydrogen-bond donors (Lipinski definition) is 2. The first-order chi connectivity index (χ1) is 18.7. The molecule has 214 valence electrons. The molecule has 1 aromatic heterocycles. The highest BCUT2D eigenvalue weighted by Crippen LogP contribution is 2.45. The number of nitrogens with one attached hydrogen (secondary N) is 2. The fourth-order valence-electron chi connectivity index (χ4n) is 6.02. The fourth-order valence-corrected chi connectivity index (χ4v) is 6.02. The molecule has 8 nitrogen and oxygen atoms in total. The summed E-state index contributed by atoms with van der Waals surface area (Å²) in [5.74, 6) is 2.09. The summed E-state index contributed by atoms with van der Waals surface area (Å²) in [5.41, 5.74) is 2.12. The second-order valence-electron chi connectivity index (χ2n) is 10.4. The number of fused-ring (bicyclic) bond motifs is 2. The molecule has 4 atom stereocenters. The van der Waals surface area contributed by atoms with Crippen LogP contribution in [0.3, 0.4) is 0 Å². The lowest BCUT2D eigenvalue weighted by Crippen LogP contribution is -2.35. The standard InChI is InChI=1S/C28H30F3N5O3.ClH/c1-38-23-7-6-17(9-24(23)39-2)21-10-25(28(29,30)31)36-26(33-21)11-22(34-36)16-4-3-5-18(8-16)27(37)35-14-19-12-32-13-20(19)15-35;/h3-9,11,19-21,25,32-33H,10,12-15H2,1-2H3;1H/t19?,20?,21-,25+;/m0./s1. The summed E-state index contributed by atoms with van der Waals surface area (Å²) in [6.07, 6.45) is -4.74. The first-order valence-electron chi connectivity index (χ1n) is 13.0. The number of hydrogen-bond acceptors (Lipinski definition) is 6. The molecule has 0 bridgehead atoms. The summed E-state index contributed by atoms with van der Waals surface area (Å²) in [4.78, 5) is 15.1. The number of carbonyl (C=O) groups is 1. The van der Waals surface area contributed by atoms with E-state index in [0.717, 1.165) is 17.8 Å². The third kappa shape index (κ3) is 5.08. The Balaban J connectivity index is 0.00000323. The zero-order valence-corrected chi connectivity index (χ0v) is 22.9. The summed E-state index contributed by atoms with van der Waals surface area (Å²) in [6, 6.07) is 11.3. The van der Waals surface area contributed by atoms with Crippen molar-refractivity contribution in [1.29, 1.82) is 0 Å². The van der Waals surface area contributed by atoms with Gasteiger partial charge < -0.3 is 25.0 Å². The molecule has 0 radical (unpaired) electrons. The zero-order chi connectivity index (χ0) is 27.3. The van der Waals surface area contributed by atoms with Crippen molar-refractivity contribution in [3.8, 4) is 22.8 Å². The Morgan fingerprint density at radius 3 is 2.40 bits per heavy atom. The molecule has 4 heterocycles. The van der Waals surface area contributed by atoms with E-state index in [2.05, 4.69) is 15.7 Å². The molecule has 6 rings (SSSR count). The van der Waals surface area contributed by atoms with Crippen LogP contribution >= 0.6 is 12.4 Å². The highest BCUT2D eigenvalue weighted by molar-refractivity contribution is 5.95. The third-order valence-corrected chi connectivity index (χ3v) is 8.08. The number of amides is 1. The van der Waals surface area contributed by atoms with Crippen molar-refractivity contribution in [2.75, 3.05) is 45.7 Å². The van der Waals surface area contributed by atoms with Crippen molar-refractivity contribution < 1.29 is 27.4 Å². The Morgan fingerprint density at radius 2 is 1.73 bits per heavy atom. The van der Waals surface area contributed by atoms with Crippen LogP contribution in [0.5, 0.6) is 11.5 Å². The third-order valence-electron chi connectivity index (χ3n) is 8.08. The van der Waals surface area contributed by atoms with E-state index in [1.807, 2.05) is 4.90 Å². The highest BCUT2D eigenvalue weighted by atomic mass is 35.5. The number of ether oxygens (including phenoxy) is 2. The van der Waals surface area contributed by atoms with Gasteiger partial charge in [0.1, 0.15) is 5.82 Å². The smallest absolute Gasteiger partial charge is 0.410 e. The van der Waals surface area contributed by atoms with Gasteiger partial charge in [0, 0.05) is 49.8 Å². The average molecular weight is 578 g/mol. The van der Waals surface area contributed by atoms with Crippen molar-refractivity contribution in [2.24, 2.45) is 11.8 Å². The van der Waals surface area contributed by atoms with Gasteiger partial charge in [-0.05, 0) is 41.7 Å². The van der Waals surface area contributed by atoms with Crippen LogP contribution in [0.25, 0.3) is 11.3 Å². The topological polar surface area (TPSA) is 80.7 Å². The summed E-state index contributed by atoms with van der Waals surface area (Å²) >= 11 is 0. The quantitative estimate of drug-likeness (QED) is 0.447. The number of benzene rings is 2. The monoisotopic (exact) mass is 577 g/mol. The molecule has 2 unspecified atom stereocenters. The second-order valence-corrected chi connectivity index (χ2v) is 10.4. The molecule has 3 aromatic rings. The molecule has 0 spiro atoms. The first kappa shape index (κ1) is 28.1. The number of likely N-dealkylation sites (tertiary alicyclic amines) is 1. The number of alkyl halides is 3. The normalized spacial score (nSPS) is 23.6. The Morgan fingerprint density at radius 1 is 1.00 bits per heavy atom. The molecular weight excluding hydrogens is 547 g/mol. The molecule has 12 heteroatoms. The van der Waals surface area contributed by atoms with E-state index in [1.165, 1.54) is 14.2 Å². The number of halogens is 4. The van der Waals surface area contributed by atoms with Crippen molar-refractivity contribution in [1.82, 2.24) is 20.0 Å². The van der Waals surface area contributed by atoms with E-state index >= 15 is 0 Å². The van der Waals surface area contributed by atoms with Crippen LogP contribution in [0, 0.1) is 11.8 Å². The van der Waals surface area contributed by atoms with E-state index in [-0.39, 0.29) is 30.6 Å². The average Bonchev–Trinajstić information content (AvgIpc) is 3.66. The Hall–Kier alpha value is -3.44. The van der Waals surface area contributed by atoms with Gasteiger partial charge in [0.2, 0.25) is 0 Å². The van der Waals surface area contributed by atoms with Crippen LogP contribution in [0.4, 0.5) is 19.0 Å². The number of rotatable bonds is 5. The van der Waals surface area contributed by atoms with Gasteiger partial charge in [0.15, 0.2) is 17.5 Å². The van der Waals surface area contributed by atoms with Crippen molar-refractivity contribution in [3.63, 3.8) is 0 Å². The molecule has 0 saturated carbocycles. The van der Waals surface area contributed by atoms with Gasteiger partial charge in [-0.1, -0.05) is 18.2 Å². The van der Waals surface area contributed by atoms with Gasteiger partial charge >= 0.3 is 6.18 Å². The van der Waals surface area contributed by atoms with E-state index in [1.54, 1.807) is 48.5 Å². The van der Waals surface area contributed by atoms with Crippen molar-refractivity contribution >= 4 is 24.1 Å². The SMILES string of the molecule is COc1ccc([C@@H]2C[C@H](C(F)(F)F)n3nc(-c4cccc(C(=O)N5CC6CNCC6C5)c4)cc3N2)cc1OC.Cl. The van der Waals surface area contributed by atoms with Gasteiger partial charge in [-0.3, -0.25) is 4.79 Å². The van der Waals surface area contributed by atoms with Gasteiger partial charge in [-0.15, -0.1) is 12.4 Å². The van der Waals surface area contributed by atoms with Crippen molar-refractivity contribution in [2.45, 2.75) is 24.7 Å². The molecule has 2 fully saturated rings. The summed E-state index contributed by atoms with van der Waals surface area (Å²) in [6.45, 7) is 3.28. The molecule has 40 heavy (non-hydrogen) atoms. The summed E-state index contributed by atoms with van der Waals surface area (Å²) < 4.78 is 54.3. The minimum Gasteiger partial charge on any atom is -0.493 e.